The van der Waals surface area contributed by atoms with Gasteiger partial charge in [-0.25, -0.2) is 4.79 Å². The molecule has 0 fully saturated rings. The largest absolute Gasteiger partial charge is 0.465 e. The number of hydrogen-bond donors (Lipinski definition) is 1. The number of rotatable bonds is 4. The van der Waals surface area contributed by atoms with E-state index in [4.69, 9.17) is 0 Å². The van der Waals surface area contributed by atoms with Gasteiger partial charge in [0.2, 0.25) is 0 Å². The van der Waals surface area contributed by atoms with Crippen molar-refractivity contribution in [2.75, 3.05) is 12.4 Å². The summed E-state index contributed by atoms with van der Waals surface area (Å²) in [5.41, 5.74) is 2.65. The topological polar surface area (TPSA) is 79.2 Å². The molecule has 0 radical (unpaired) electrons. The summed E-state index contributed by atoms with van der Waals surface area (Å²) in [7, 11) is 1.30. The maximum atomic E-state index is 12.2. The summed E-state index contributed by atoms with van der Waals surface area (Å²) in [6.07, 6.45) is 1.55. The smallest absolute Gasteiger partial charge is 0.337 e. The molecule has 5 heteroatoms. The van der Waals surface area contributed by atoms with Crippen molar-refractivity contribution in [2.45, 2.75) is 6.92 Å². The molecule has 0 aliphatic heterocycles. The molecule has 24 heavy (non-hydrogen) atoms. The Bertz CT molecular complexity index is 830. The Balaban J connectivity index is 2.17. The zero-order valence-electron chi connectivity index (χ0n) is 13.4. The van der Waals surface area contributed by atoms with Gasteiger partial charge in [-0.2, -0.15) is 5.26 Å². The summed E-state index contributed by atoms with van der Waals surface area (Å²) < 4.78 is 4.61. The van der Waals surface area contributed by atoms with Gasteiger partial charge < -0.3 is 10.1 Å². The summed E-state index contributed by atoms with van der Waals surface area (Å²) in [6.45, 7) is 1.91. The zero-order valence-corrected chi connectivity index (χ0v) is 13.4. The van der Waals surface area contributed by atoms with Crippen LogP contribution in [0.4, 0.5) is 5.69 Å². The van der Waals surface area contributed by atoms with Gasteiger partial charge in [0, 0.05) is 5.69 Å². The fourth-order valence-corrected chi connectivity index (χ4v) is 2.06. The quantitative estimate of drug-likeness (QED) is 0.532. The second kappa shape index (κ2) is 7.75. The van der Waals surface area contributed by atoms with Crippen molar-refractivity contribution >= 4 is 23.6 Å². The number of esters is 1. The third-order valence-electron chi connectivity index (χ3n) is 3.42. The molecule has 1 amide bonds. The minimum Gasteiger partial charge on any atom is -0.465 e. The van der Waals surface area contributed by atoms with Gasteiger partial charge in [-0.05, 0) is 48.4 Å². The molecule has 0 saturated heterocycles. The Labute approximate surface area is 140 Å². The highest BCUT2D eigenvalue weighted by Gasteiger charge is 2.11. The second-order valence-electron chi connectivity index (χ2n) is 5.05. The van der Waals surface area contributed by atoms with Crippen molar-refractivity contribution in [3.8, 4) is 6.07 Å². The first-order valence-electron chi connectivity index (χ1n) is 7.22. The summed E-state index contributed by atoms with van der Waals surface area (Å²) in [5.74, 6) is -0.961. The van der Waals surface area contributed by atoms with Crippen LogP contribution in [-0.2, 0) is 9.53 Å². The number of nitriles is 1. The summed E-state index contributed by atoms with van der Waals surface area (Å²) >= 11 is 0. The van der Waals surface area contributed by atoms with Crippen LogP contribution in [-0.4, -0.2) is 19.0 Å². The number of ether oxygens (including phenoxy) is 1. The summed E-state index contributed by atoms with van der Waals surface area (Å²) in [5, 5.41) is 11.9. The van der Waals surface area contributed by atoms with E-state index in [2.05, 4.69) is 10.1 Å². The van der Waals surface area contributed by atoms with Crippen molar-refractivity contribution in [1.82, 2.24) is 0 Å². The molecule has 2 aromatic carbocycles. The van der Waals surface area contributed by atoms with Crippen molar-refractivity contribution in [3.05, 3.63) is 70.8 Å². The normalized spacial score (nSPS) is 10.6. The summed E-state index contributed by atoms with van der Waals surface area (Å²) in [4.78, 5) is 23.6. The van der Waals surface area contributed by atoms with Gasteiger partial charge >= 0.3 is 5.97 Å². The number of carbonyl (C=O) groups is 2. The predicted octanol–water partition coefficient (Wildman–Crippen LogP) is 3.33. The van der Waals surface area contributed by atoms with Gasteiger partial charge in [0.05, 0.1) is 12.7 Å². The van der Waals surface area contributed by atoms with E-state index >= 15 is 0 Å². The number of methoxy groups -OCH3 is 1. The van der Waals surface area contributed by atoms with Crippen LogP contribution in [0.2, 0.25) is 0 Å². The van der Waals surface area contributed by atoms with Gasteiger partial charge in [-0.15, -0.1) is 0 Å². The number of carbonyl (C=O) groups excluding carboxylic acids is 2. The van der Waals surface area contributed by atoms with E-state index in [0.717, 1.165) is 11.1 Å². The van der Waals surface area contributed by atoms with E-state index in [0.29, 0.717) is 11.3 Å². The van der Waals surface area contributed by atoms with Crippen LogP contribution in [0.15, 0.2) is 54.1 Å². The molecule has 0 aliphatic rings. The van der Waals surface area contributed by atoms with Crippen LogP contribution in [0.5, 0.6) is 0 Å². The van der Waals surface area contributed by atoms with Crippen molar-refractivity contribution < 1.29 is 14.3 Å². The molecule has 120 valence electrons. The molecule has 2 aromatic rings. The van der Waals surface area contributed by atoms with Crippen LogP contribution >= 0.6 is 0 Å². The fraction of sp³-hybridized carbons (Fsp3) is 0.105. The molecule has 0 heterocycles. The van der Waals surface area contributed by atoms with Gasteiger partial charge in [0.25, 0.3) is 5.91 Å². The highest BCUT2D eigenvalue weighted by Crippen LogP contribution is 2.15. The first-order valence-corrected chi connectivity index (χ1v) is 7.22. The fourth-order valence-electron chi connectivity index (χ4n) is 2.06. The first kappa shape index (κ1) is 17.0. The maximum Gasteiger partial charge on any atom is 0.337 e. The van der Waals surface area contributed by atoms with E-state index in [1.54, 1.807) is 30.3 Å². The Hall–Kier alpha value is -3.39. The monoisotopic (exact) mass is 320 g/mol. The number of anilines is 1. The zero-order chi connectivity index (χ0) is 17.5. The molecule has 0 bridgehead atoms. The number of nitrogens with one attached hydrogen (secondary N) is 1. The molecule has 0 aliphatic carbocycles. The predicted molar refractivity (Wildman–Crippen MR) is 91.2 cm³/mol. The highest BCUT2D eigenvalue weighted by atomic mass is 16.5. The Morgan fingerprint density at radius 2 is 1.79 bits per heavy atom. The van der Waals surface area contributed by atoms with Gasteiger partial charge in [0.15, 0.2) is 0 Å². The third kappa shape index (κ3) is 4.08. The van der Waals surface area contributed by atoms with E-state index < -0.39 is 11.9 Å². The number of nitrogens with zero attached hydrogens (tertiary/aromatic N) is 1. The van der Waals surface area contributed by atoms with Crippen LogP contribution in [0, 0.1) is 18.3 Å². The number of hydrogen-bond acceptors (Lipinski definition) is 4. The van der Waals surface area contributed by atoms with Gasteiger partial charge in [0.1, 0.15) is 11.6 Å². The van der Waals surface area contributed by atoms with Crippen LogP contribution < -0.4 is 5.32 Å². The van der Waals surface area contributed by atoms with Crippen LogP contribution in [0.1, 0.15) is 21.5 Å². The number of aryl methyl sites for hydroxylation is 1. The maximum absolute atomic E-state index is 12.2. The molecule has 0 aromatic heterocycles. The molecule has 1 N–H and O–H groups in total. The minimum absolute atomic E-state index is 0.00124. The lowest BCUT2D eigenvalue weighted by Crippen LogP contribution is -2.13. The highest BCUT2D eigenvalue weighted by molar-refractivity contribution is 6.09. The average molecular weight is 320 g/mol. The molecule has 0 saturated carbocycles. The van der Waals surface area contributed by atoms with E-state index in [-0.39, 0.29) is 5.57 Å². The molecule has 2 rings (SSSR count). The molecule has 0 atom stereocenters. The lowest BCUT2D eigenvalue weighted by atomic mass is 10.1. The molecular formula is C19H16N2O3. The van der Waals surface area contributed by atoms with Crippen molar-refractivity contribution in [3.63, 3.8) is 0 Å². The lowest BCUT2D eigenvalue weighted by Gasteiger charge is -2.06. The Kier molecular flexibility index (Phi) is 5.48. The standard InChI is InChI=1S/C19H16N2O3/c1-13-5-3-4-6-15(13)11-16(12-20)18(22)21-17-9-7-14(8-10-17)19(23)24-2/h3-11H,1-2H3,(H,21,22)/b16-11+. The van der Waals surface area contributed by atoms with E-state index in [1.165, 1.54) is 7.11 Å². The minimum atomic E-state index is -0.508. The van der Waals surface area contributed by atoms with E-state index in [1.807, 2.05) is 37.3 Å². The molecule has 0 spiro atoms. The van der Waals surface area contributed by atoms with Crippen LogP contribution in [0.3, 0.4) is 0 Å². The third-order valence-corrected chi connectivity index (χ3v) is 3.42. The Morgan fingerprint density at radius 3 is 2.38 bits per heavy atom. The number of benzene rings is 2. The molecule has 5 nitrogen and oxygen atoms in total. The SMILES string of the molecule is COC(=O)c1ccc(NC(=O)/C(C#N)=C/c2ccccc2C)cc1. The van der Waals surface area contributed by atoms with Crippen LogP contribution in [0.25, 0.3) is 6.08 Å². The van der Waals surface area contributed by atoms with E-state index in [9.17, 15) is 14.9 Å². The Morgan fingerprint density at radius 1 is 1.12 bits per heavy atom. The molecular weight excluding hydrogens is 304 g/mol. The molecule has 0 unspecified atom stereocenters. The lowest BCUT2D eigenvalue weighted by molar-refractivity contribution is -0.112. The van der Waals surface area contributed by atoms with Gasteiger partial charge in [-0.3, -0.25) is 4.79 Å². The summed E-state index contributed by atoms with van der Waals surface area (Å²) in [6, 6.07) is 15.6. The van der Waals surface area contributed by atoms with Gasteiger partial charge in [-0.1, -0.05) is 24.3 Å². The first-order chi connectivity index (χ1) is 11.5. The second-order valence-corrected chi connectivity index (χ2v) is 5.05. The average Bonchev–Trinajstić information content (AvgIpc) is 2.61. The number of amides is 1. The van der Waals surface area contributed by atoms with Crippen molar-refractivity contribution in [1.29, 1.82) is 5.26 Å². The van der Waals surface area contributed by atoms with Crippen molar-refractivity contribution in [2.24, 2.45) is 0 Å².